The Morgan fingerprint density at radius 1 is 1.53 bits per heavy atom. The van der Waals surface area contributed by atoms with Crippen LogP contribution in [0.1, 0.15) is 5.69 Å². The number of carbonyl (C=O) groups excluding carboxylic acids is 1. The maximum atomic E-state index is 11.7. The first kappa shape index (κ1) is 12.6. The quantitative estimate of drug-likeness (QED) is 0.356. The van der Waals surface area contributed by atoms with Gasteiger partial charge in [-0.05, 0) is 6.07 Å². The second kappa shape index (κ2) is 5.17. The zero-order chi connectivity index (χ0) is 13.8. The molecule has 0 aliphatic carbocycles. The lowest BCUT2D eigenvalue weighted by molar-refractivity contribution is -0.465. The number of rotatable bonds is 2. The molecule has 0 spiro atoms. The standard InChI is InChI=1S/C11H10N4O4/c1-19-11(16)13-12-6-8-7-14(17)9-4-2-3-5-10(9)15(8)18/h2-7,18H,1H3/p+1. The van der Waals surface area contributed by atoms with Gasteiger partial charge in [0.25, 0.3) is 11.7 Å². The first-order valence-corrected chi connectivity index (χ1v) is 5.26. The number of ether oxygens (including phenoxy) is 1. The fourth-order valence-corrected chi connectivity index (χ4v) is 1.50. The zero-order valence-electron chi connectivity index (χ0n) is 9.98. The number of fused-ring (bicyclic) bond motifs is 1. The van der Waals surface area contributed by atoms with Crippen LogP contribution in [0.15, 0.2) is 35.6 Å². The largest absolute Gasteiger partial charge is 0.452 e. The molecule has 2 rings (SSSR count). The molecule has 98 valence electrons. The molecule has 1 aromatic carbocycles. The molecule has 0 aliphatic heterocycles. The van der Waals surface area contributed by atoms with Gasteiger partial charge in [0.05, 0.1) is 17.8 Å². The summed E-state index contributed by atoms with van der Waals surface area (Å²) in [6, 6.07) is 6.52. The molecule has 1 amide bonds. The van der Waals surface area contributed by atoms with Gasteiger partial charge in [0.1, 0.15) is 0 Å². The van der Waals surface area contributed by atoms with Crippen molar-refractivity contribution in [2.24, 2.45) is 5.10 Å². The second-order valence-electron chi connectivity index (χ2n) is 3.54. The Balaban J connectivity index is 2.42. The van der Waals surface area contributed by atoms with Crippen LogP contribution < -0.4 is 9.85 Å². The van der Waals surface area contributed by atoms with Crippen LogP contribution in [0.4, 0.5) is 4.79 Å². The van der Waals surface area contributed by atoms with E-state index >= 15 is 0 Å². The summed E-state index contributed by atoms with van der Waals surface area (Å²) in [5.74, 6) is 0. The van der Waals surface area contributed by atoms with E-state index < -0.39 is 6.09 Å². The van der Waals surface area contributed by atoms with E-state index in [0.717, 1.165) is 17.1 Å². The normalized spacial score (nSPS) is 10.8. The number of amides is 1. The van der Waals surface area contributed by atoms with Crippen molar-refractivity contribution in [1.82, 2.24) is 10.2 Å². The molecular weight excluding hydrogens is 252 g/mol. The minimum absolute atomic E-state index is 0.102. The van der Waals surface area contributed by atoms with Gasteiger partial charge in [-0.3, -0.25) is 0 Å². The van der Waals surface area contributed by atoms with Gasteiger partial charge in [0.2, 0.25) is 0 Å². The van der Waals surface area contributed by atoms with E-state index in [4.69, 9.17) is 0 Å². The van der Waals surface area contributed by atoms with Gasteiger partial charge in [0.15, 0.2) is 11.2 Å². The Hall–Kier alpha value is -2.90. The average Bonchev–Trinajstić information content (AvgIpc) is 2.44. The van der Waals surface area contributed by atoms with Crippen LogP contribution in [-0.2, 0) is 4.74 Å². The maximum absolute atomic E-state index is 11.7. The van der Waals surface area contributed by atoms with Gasteiger partial charge in [0, 0.05) is 11.0 Å². The molecule has 1 aromatic heterocycles. The van der Waals surface area contributed by atoms with Crippen molar-refractivity contribution in [2.45, 2.75) is 0 Å². The molecule has 0 radical (unpaired) electrons. The number of para-hydroxylation sites is 2. The smallest absolute Gasteiger partial charge is 0.427 e. The van der Waals surface area contributed by atoms with Crippen LogP contribution in [0, 0.1) is 4.91 Å². The molecule has 8 nitrogen and oxygen atoms in total. The molecule has 2 aromatic rings. The lowest BCUT2D eigenvalue weighted by Crippen LogP contribution is -2.22. The van der Waals surface area contributed by atoms with Crippen LogP contribution in [-0.4, -0.2) is 29.4 Å². The molecule has 8 heteroatoms. The summed E-state index contributed by atoms with van der Waals surface area (Å²) in [6.45, 7) is 0. The predicted molar refractivity (Wildman–Crippen MR) is 65.6 cm³/mol. The summed E-state index contributed by atoms with van der Waals surface area (Å²) in [7, 11) is 1.19. The van der Waals surface area contributed by atoms with E-state index in [1.807, 2.05) is 5.43 Å². The fourth-order valence-electron chi connectivity index (χ4n) is 1.50. The van der Waals surface area contributed by atoms with E-state index in [1.54, 1.807) is 24.3 Å². The van der Waals surface area contributed by atoms with Crippen LogP contribution in [0.3, 0.4) is 0 Å². The molecule has 0 atom stereocenters. The van der Waals surface area contributed by atoms with Crippen LogP contribution >= 0.6 is 0 Å². The Morgan fingerprint density at radius 2 is 2.26 bits per heavy atom. The summed E-state index contributed by atoms with van der Waals surface area (Å²) in [6.07, 6.45) is 1.50. The molecule has 1 heterocycles. The predicted octanol–water partition coefficient (Wildman–Crippen LogP) is 0.483. The lowest BCUT2D eigenvalue weighted by atomic mass is 10.3. The molecular formula is C11H11N4O4+. The Bertz CT molecular complexity index is 707. The van der Waals surface area contributed by atoms with Gasteiger partial charge >= 0.3 is 6.09 Å². The van der Waals surface area contributed by atoms with Crippen molar-refractivity contribution in [2.75, 3.05) is 7.11 Å². The number of methoxy groups -OCH3 is 1. The monoisotopic (exact) mass is 263 g/mol. The van der Waals surface area contributed by atoms with E-state index in [9.17, 15) is 14.9 Å². The molecule has 0 bridgehead atoms. The van der Waals surface area contributed by atoms with Crippen LogP contribution in [0.25, 0.3) is 11.0 Å². The van der Waals surface area contributed by atoms with Crippen molar-refractivity contribution in [3.05, 3.63) is 41.1 Å². The van der Waals surface area contributed by atoms with Gasteiger partial charge in [-0.1, -0.05) is 12.1 Å². The van der Waals surface area contributed by atoms with E-state index in [0.29, 0.717) is 15.5 Å². The number of nitrogens with zero attached hydrogens (tertiary/aromatic N) is 3. The summed E-state index contributed by atoms with van der Waals surface area (Å²) >= 11 is 0. The maximum Gasteiger partial charge on any atom is 0.427 e. The highest BCUT2D eigenvalue weighted by molar-refractivity contribution is 5.81. The number of benzene rings is 1. The summed E-state index contributed by atoms with van der Waals surface area (Å²) in [4.78, 5) is 22.5. The second-order valence-corrected chi connectivity index (χ2v) is 3.54. The van der Waals surface area contributed by atoms with Crippen molar-refractivity contribution in [3.8, 4) is 0 Å². The fraction of sp³-hybridized carbons (Fsp3) is 0.0909. The zero-order valence-corrected chi connectivity index (χ0v) is 9.98. The number of hydrogen-bond donors (Lipinski definition) is 2. The highest BCUT2D eigenvalue weighted by Gasteiger charge is 2.13. The van der Waals surface area contributed by atoms with Gasteiger partial charge < -0.3 is 9.94 Å². The molecule has 2 N–H and O–H groups in total. The minimum atomic E-state index is -0.753. The van der Waals surface area contributed by atoms with E-state index in [1.165, 1.54) is 7.11 Å². The number of hydrazone groups is 1. The van der Waals surface area contributed by atoms with Crippen LogP contribution in [0.2, 0.25) is 0 Å². The summed E-state index contributed by atoms with van der Waals surface area (Å²) in [5, 5.41) is 13.5. The Labute approximate surface area is 107 Å². The molecule has 0 aliphatic rings. The molecule has 19 heavy (non-hydrogen) atoms. The lowest BCUT2D eigenvalue weighted by Gasteiger charge is -2.01. The Morgan fingerprint density at radius 3 is 3.00 bits per heavy atom. The van der Waals surface area contributed by atoms with Crippen LogP contribution in [0.5, 0.6) is 0 Å². The Kier molecular flexibility index (Phi) is 3.42. The van der Waals surface area contributed by atoms with Crippen molar-refractivity contribution < 1.29 is 19.2 Å². The number of hydrogen-bond acceptors (Lipinski definition) is 5. The van der Waals surface area contributed by atoms with E-state index in [-0.39, 0.29) is 5.69 Å². The number of carbonyl (C=O) groups is 1. The average molecular weight is 263 g/mol. The van der Waals surface area contributed by atoms with Gasteiger partial charge in [-0.2, -0.15) is 9.83 Å². The first-order chi connectivity index (χ1) is 9.13. The third kappa shape index (κ3) is 2.51. The van der Waals surface area contributed by atoms with Gasteiger partial charge in [-0.25, -0.2) is 10.2 Å². The SMILES string of the molecule is COC(=O)N/N=C/c1c[n+](=O)c2ccccc2n1O. The van der Waals surface area contributed by atoms with Gasteiger partial charge in [-0.15, -0.1) is 0 Å². The third-order valence-electron chi connectivity index (χ3n) is 2.38. The van der Waals surface area contributed by atoms with Crippen molar-refractivity contribution >= 4 is 23.3 Å². The summed E-state index contributed by atoms with van der Waals surface area (Å²) < 4.78 is 5.71. The van der Waals surface area contributed by atoms with Crippen molar-refractivity contribution in [3.63, 3.8) is 0 Å². The minimum Gasteiger partial charge on any atom is -0.452 e. The highest BCUT2D eigenvalue weighted by atomic mass is 16.5. The topological polar surface area (TPSA) is 98.8 Å². The molecule has 0 saturated carbocycles. The molecule has 0 unspecified atom stereocenters. The number of nitrogens with one attached hydrogen (secondary N) is 1. The van der Waals surface area contributed by atoms with Crippen molar-refractivity contribution in [1.29, 1.82) is 0 Å². The third-order valence-corrected chi connectivity index (χ3v) is 2.38. The molecule has 0 saturated heterocycles. The first-order valence-electron chi connectivity index (χ1n) is 5.26. The number of aromatic nitrogens is 2. The van der Waals surface area contributed by atoms with E-state index in [2.05, 4.69) is 9.84 Å². The summed E-state index contributed by atoms with van der Waals surface area (Å²) in [5.41, 5.74) is 2.78. The molecule has 0 fully saturated rings. The highest BCUT2D eigenvalue weighted by Crippen LogP contribution is 2.08.